The first kappa shape index (κ1) is 15.6. The first-order chi connectivity index (χ1) is 10.7. The molecule has 3 rings (SSSR count). The second kappa shape index (κ2) is 7.30. The normalized spacial score (nSPS) is 17.4. The standard InChI is InChI=1S/C19H23NOS/c1-14-17(19(21)15-8-4-2-5-9-15)12-13-18(20-14)22-16-10-6-3-7-11-16/h2,4-5,8-9,12-13,16,19,21H,3,6-7,10-11H2,1H3/t19-/m0/s1. The molecule has 0 spiro atoms. The maximum absolute atomic E-state index is 10.5. The molecule has 1 aliphatic rings. The van der Waals surface area contributed by atoms with Crippen LogP contribution in [0.1, 0.15) is 55.0 Å². The minimum absolute atomic E-state index is 0.595. The fourth-order valence-electron chi connectivity index (χ4n) is 3.07. The second-order valence-corrected chi connectivity index (χ2v) is 7.34. The van der Waals surface area contributed by atoms with E-state index in [4.69, 9.17) is 4.98 Å². The molecule has 0 bridgehead atoms. The third-order valence-electron chi connectivity index (χ3n) is 4.35. The van der Waals surface area contributed by atoms with Crippen molar-refractivity contribution in [3.63, 3.8) is 0 Å². The van der Waals surface area contributed by atoms with Crippen LogP contribution in [0.4, 0.5) is 0 Å². The Morgan fingerprint density at radius 2 is 1.77 bits per heavy atom. The van der Waals surface area contributed by atoms with Crippen molar-refractivity contribution in [3.05, 3.63) is 59.3 Å². The molecule has 1 saturated carbocycles. The molecule has 1 N–H and O–H groups in total. The van der Waals surface area contributed by atoms with Crippen LogP contribution in [0.2, 0.25) is 0 Å². The third-order valence-corrected chi connectivity index (χ3v) is 5.62. The lowest BCUT2D eigenvalue weighted by Crippen LogP contribution is -2.09. The molecule has 1 aliphatic carbocycles. The fourth-order valence-corrected chi connectivity index (χ4v) is 4.32. The number of aliphatic hydroxyl groups is 1. The summed E-state index contributed by atoms with van der Waals surface area (Å²) in [5, 5.41) is 12.3. The smallest absolute Gasteiger partial charge is 0.106 e. The Balaban J connectivity index is 1.74. The number of nitrogens with zero attached hydrogens (tertiary/aromatic N) is 1. The van der Waals surface area contributed by atoms with Gasteiger partial charge in [0.15, 0.2) is 0 Å². The van der Waals surface area contributed by atoms with Crippen molar-refractivity contribution < 1.29 is 5.11 Å². The maximum atomic E-state index is 10.5. The van der Waals surface area contributed by atoms with Crippen LogP contribution in [-0.4, -0.2) is 15.3 Å². The maximum Gasteiger partial charge on any atom is 0.106 e. The number of aromatic nitrogens is 1. The number of pyridine rings is 1. The number of hydrogen-bond donors (Lipinski definition) is 1. The van der Waals surface area contributed by atoms with Gasteiger partial charge in [0.1, 0.15) is 6.10 Å². The summed E-state index contributed by atoms with van der Waals surface area (Å²) in [6, 6.07) is 13.9. The van der Waals surface area contributed by atoms with E-state index in [0.29, 0.717) is 5.25 Å². The van der Waals surface area contributed by atoms with Crippen LogP contribution >= 0.6 is 11.8 Å². The highest BCUT2D eigenvalue weighted by atomic mass is 32.2. The Labute approximate surface area is 137 Å². The van der Waals surface area contributed by atoms with E-state index in [2.05, 4.69) is 6.07 Å². The van der Waals surface area contributed by atoms with Gasteiger partial charge in [-0.2, -0.15) is 0 Å². The average molecular weight is 313 g/mol. The van der Waals surface area contributed by atoms with Gasteiger partial charge in [-0.25, -0.2) is 4.98 Å². The van der Waals surface area contributed by atoms with Crippen molar-refractivity contribution in [1.82, 2.24) is 4.98 Å². The predicted octanol–water partition coefficient (Wildman–Crippen LogP) is 4.90. The fraction of sp³-hybridized carbons (Fsp3) is 0.421. The van der Waals surface area contributed by atoms with Crippen molar-refractivity contribution in [2.45, 2.75) is 55.4 Å². The first-order valence-corrected chi connectivity index (χ1v) is 8.99. The van der Waals surface area contributed by atoms with Crippen LogP contribution in [0.5, 0.6) is 0 Å². The zero-order valence-corrected chi connectivity index (χ0v) is 13.9. The minimum atomic E-state index is -0.595. The Morgan fingerprint density at radius 1 is 1.05 bits per heavy atom. The Morgan fingerprint density at radius 3 is 2.45 bits per heavy atom. The molecule has 1 aromatic carbocycles. The van der Waals surface area contributed by atoms with Gasteiger partial charge >= 0.3 is 0 Å². The molecule has 22 heavy (non-hydrogen) atoms. The average Bonchev–Trinajstić information content (AvgIpc) is 2.56. The van der Waals surface area contributed by atoms with E-state index < -0.39 is 6.10 Å². The van der Waals surface area contributed by atoms with Crippen LogP contribution in [0.25, 0.3) is 0 Å². The Bertz CT molecular complexity index is 608. The molecular weight excluding hydrogens is 290 g/mol. The van der Waals surface area contributed by atoms with Crippen LogP contribution in [0.3, 0.4) is 0 Å². The summed E-state index contributed by atoms with van der Waals surface area (Å²) in [6.45, 7) is 1.99. The summed E-state index contributed by atoms with van der Waals surface area (Å²) >= 11 is 1.90. The summed E-state index contributed by atoms with van der Waals surface area (Å²) in [6.07, 6.45) is 6.09. The first-order valence-electron chi connectivity index (χ1n) is 8.11. The highest BCUT2D eigenvalue weighted by Crippen LogP contribution is 2.34. The van der Waals surface area contributed by atoms with Crippen LogP contribution in [-0.2, 0) is 0 Å². The number of thioether (sulfide) groups is 1. The molecule has 1 atom stereocenters. The molecule has 3 heteroatoms. The SMILES string of the molecule is Cc1nc(SC2CCCCC2)ccc1[C@@H](O)c1ccccc1. The summed E-state index contributed by atoms with van der Waals surface area (Å²) < 4.78 is 0. The van der Waals surface area contributed by atoms with Gasteiger partial charge in [0.05, 0.1) is 5.03 Å². The quantitative estimate of drug-likeness (QED) is 0.872. The monoisotopic (exact) mass is 313 g/mol. The van der Waals surface area contributed by atoms with Gasteiger partial charge in [0.2, 0.25) is 0 Å². The molecule has 0 radical (unpaired) electrons. The molecule has 0 aliphatic heterocycles. The predicted molar refractivity (Wildman–Crippen MR) is 92.2 cm³/mol. The molecule has 0 amide bonds. The second-order valence-electron chi connectivity index (χ2n) is 6.02. The van der Waals surface area contributed by atoms with Crippen molar-refractivity contribution in [2.75, 3.05) is 0 Å². The summed E-state index contributed by atoms with van der Waals surface area (Å²) in [7, 11) is 0. The van der Waals surface area contributed by atoms with Gasteiger partial charge in [-0.15, -0.1) is 11.8 Å². The van der Waals surface area contributed by atoms with E-state index in [0.717, 1.165) is 21.8 Å². The lowest BCUT2D eigenvalue weighted by Gasteiger charge is -2.21. The molecule has 2 aromatic rings. The van der Waals surface area contributed by atoms with Gasteiger partial charge < -0.3 is 5.11 Å². The third kappa shape index (κ3) is 3.71. The number of rotatable bonds is 4. The van der Waals surface area contributed by atoms with E-state index in [1.165, 1.54) is 32.1 Å². The highest BCUT2D eigenvalue weighted by molar-refractivity contribution is 7.99. The minimum Gasteiger partial charge on any atom is -0.384 e. The summed E-state index contributed by atoms with van der Waals surface area (Å²) in [5.41, 5.74) is 2.75. The molecule has 1 heterocycles. The molecular formula is C19H23NOS. The van der Waals surface area contributed by atoms with E-state index in [1.54, 1.807) is 0 Å². The van der Waals surface area contributed by atoms with Crippen LogP contribution in [0.15, 0.2) is 47.5 Å². The van der Waals surface area contributed by atoms with E-state index >= 15 is 0 Å². The van der Waals surface area contributed by atoms with Gasteiger partial charge in [-0.05, 0) is 31.4 Å². The lowest BCUT2D eigenvalue weighted by atomic mass is 10.0. The molecule has 116 valence electrons. The molecule has 1 fully saturated rings. The topological polar surface area (TPSA) is 33.1 Å². The summed E-state index contributed by atoms with van der Waals surface area (Å²) in [5.74, 6) is 0. The van der Waals surface area contributed by atoms with E-state index in [-0.39, 0.29) is 0 Å². The van der Waals surface area contributed by atoms with Crippen LogP contribution < -0.4 is 0 Å². The van der Waals surface area contributed by atoms with Gasteiger partial charge in [-0.3, -0.25) is 0 Å². The number of aliphatic hydroxyl groups excluding tert-OH is 1. The largest absolute Gasteiger partial charge is 0.384 e. The van der Waals surface area contributed by atoms with Crippen molar-refractivity contribution >= 4 is 11.8 Å². The zero-order valence-electron chi connectivity index (χ0n) is 13.0. The van der Waals surface area contributed by atoms with Gasteiger partial charge in [0, 0.05) is 16.5 Å². The van der Waals surface area contributed by atoms with Gasteiger partial charge in [-0.1, -0.05) is 55.7 Å². The Hall–Kier alpha value is -1.32. The van der Waals surface area contributed by atoms with E-state index in [1.807, 2.05) is 55.1 Å². The molecule has 0 unspecified atom stereocenters. The van der Waals surface area contributed by atoms with Crippen LogP contribution in [0, 0.1) is 6.92 Å². The van der Waals surface area contributed by atoms with Crippen molar-refractivity contribution in [3.8, 4) is 0 Å². The lowest BCUT2D eigenvalue weighted by molar-refractivity contribution is 0.219. The van der Waals surface area contributed by atoms with Crippen molar-refractivity contribution in [2.24, 2.45) is 0 Å². The molecule has 1 aromatic heterocycles. The number of aryl methyl sites for hydroxylation is 1. The number of hydrogen-bond acceptors (Lipinski definition) is 3. The molecule has 2 nitrogen and oxygen atoms in total. The highest BCUT2D eigenvalue weighted by Gasteiger charge is 2.17. The summed E-state index contributed by atoms with van der Waals surface area (Å²) in [4.78, 5) is 4.72. The van der Waals surface area contributed by atoms with E-state index in [9.17, 15) is 5.11 Å². The van der Waals surface area contributed by atoms with Gasteiger partial charge in [0.25, 0.3) is 0 Å². The zero-order chi connectivity index (χ0) is 15.4. The van der Waals surface area contributed by atoms with Crippen molar-refractivity contribution in [1.29, 1.82) is 0 Å². The molecule has 0 saturated heterocycles. The number of benzene rings is 1. The Kier molecular flexibility index (Phi) is 5.16.